The summed E-state index contributed by atoms with van der Waals surface area (Å²) in [5, 5.41) is 18.7. The molecule has 0 radical (unpaired) electrons. The Morgan fingerprint density at radius 2 is 1.03 bits per heavy atom. The van der Waals surface area contributed by atoms with Gasteiger partial charge in [0.05, 0.1) is 31.1 Å². The van der Waals surface area contributed by atoms with Crippen molar-refractivity contribution in [2.24, 2.45) is 11.8 Å². The first-order chi connectivity index (χ1) is 17.1. The Bertz CT molecular complexity index is 1050. The van der Waals surface area contributed by atoms with Crippen LogP contribution in [0.3, 0.4) is 0 Å². The van der Waals surface area contributed by atoms with Gasteiger partial charge in [0, 0.05) is 30.5 Å². The second kappa shape index (κ2) is 13.3. The van der Waals surface area contributed by atoms with Gasteiger partial charge < -0.3 is 19.7 Å². The smallest absolute Gasteiger partial charge is 0.147 e. The largest absolute Gasteiger partial charge is 0.491 e. The number of aliphatic hydroxyl groups excluding tert-OH is 2. The minimum atomic E-state index is -0.509. The van der Waals surface area contributed by atoms with E-state index in [1.54, 1.807) is 0 Å². The van der Waals surface area contributed by atoms with Crippen molar-refractivity contribution in [3.63, 3.8) is 0 Å². The Hall–Kier alpha value is -0.900. The second-order valence-electron chi connectivity index (χ2n) is 9.23. The molecule has 0 amide bonds. The van der Waals surface area contributed by atoms with Crippen molar-refractivity contribution in [1.82, 2.24) is 0 Å². The van der Waals surface area contributed by atoms with Gasteiger partial charge in [-0.05, 0) is 112 Å². The molecule has 2 unspecified atom stereocenters. The van der Waals surface area contributed by atoms with E-state index in [0.29, 0.717) is 24.7 Å². The maximum Gasteiger partial charge on any atom is 0.147 e. The third-order valence-electron chi connectivity index (χ3n) is 6.15. The van der Waals surface area contributed by atoms with Gasteiger partial charge in [-0.3, -0.25) is 0 Å². The second-order valence-corrected chi connectivity index (χ2v) is 12.6. The van der Waals surface area contributed by atoms with E-state index in [4.69, 9.17) is 9.47 Å². The van der Waals surface area contributed by atoms with Crippen LogP contribution in [0.2, 0.25) is 0 Å². The predicted octanol–water partition coefficient (Wildman–Crippen LogP) is 8.11. The molecule has 0 saturated carbocycles. The summed E-state index contributed by atoms with van der Waals surface area (Å²) in [5.74, 6) is 1.49. The number of hydrogen-bond acceptors (Lipinski definition) is 4. The molecule has 194 valence electrons. The van der Waals surface area contributed by atoms with E-state index in [0.717, 1.165) is 34.6 Å². The van der Waals surface area contributed by atoms with Crippen molar-refractivity contribution in [2.75, 3.05) is 26.4 Å². The van der Waals surface area contributed by atoms with Gasteiger partial charge >= 0.3 is 0 Å². The van der Waals surface area contributed by atoms with Gasteiger partial charge in [-0.15, -0.1) is 0 Å². The van der Waals surface area contributed by atoms with Gasteiger partial charge in [0.25, 0.3) is 0 Å². The molecule has 2 atom stereocenters. The molecule has 0 aliphatic rings. The van der Waals surface area contributed by atoms with E-state index in [1.807, 2.05) is 32.0 Å². The lowest BCUT2D eigenvalue weighted by atomic mass is 9.71. The van der Waals surface area contributed by atoms with Crippen molar-refractivity contribution >= 4 is 63.7 Å². The lowest BCUT2D eigenvalue weighted by Gasteiger charge is -2.33. The van der Waals surface area contributed by atoms with Crippen LogP contribution < -0.4 is 9.47 Å². The molecule has 0 heterocycles. The van der Waals surface area contributed by atoms with Gasteiger partial charge in [-0.25, -0.2) is 0 Å². The first-order valence-corrected chi connectivity index (χ1v) is 14.8. The Morgan fingerprint density at radius 3 is 1.36 bits per heavy atom. The zero-order valence-electron chi connectivity index (χ0n) is 20.4. The average Bonchev–Trinajstić information content (AvgIpc) is 2.87. The van der Waals surface area contributed by atoms with Crippen LogP contribution >= 0.6 is 63.7 Å². The highest BCUT2D eigenvalue weighted by atomic mass is 79.9. The third-order valence-corrected chi connectivity index (χ3v) is 8.51. The zero-order valence-corrected chi connectivity index (χ0v) is 26.7. The van der Waals surface area contributed by atoms with Crippen molar-refractivity contribution in [3.05, 3.63) is 89.2 Å². The summed E-state index contributed by atoms with van der Waals surface area (Å²) in [7, 11) is 0. The molecule has 0 spiro atoms. The lowest BCUT2D eigenvalue weighted by molar-refractivity contribution is 0.173. The van der Waals surface area contributed by atoms with Crippen LogP contribution in [0.4, 0.5) is 0 Å². The summed E-state index contributed by atoms with van der Waals surface area (Å²) in [4.78, 5) is 0. The summed E-state index contributed by atoms with van der Waals surface area (Å²) in [6.45, 7) is 7.06. The van der Waals surface area contributed by atoms with Crippen LogP contribution in [0, 0.1) is 11.8 Å². The first kappa shape index (κ1) is 29.7. The fourth-order valence-electron chi connectivity index (χ4n) is 3.80. The van der Waals surface area contributed by atoms with Crippen LogP contribution in [0.25, 0.3) is 0 Å². The molecule has 3 aromatic rings. The van der Waals surface area contributed by atoms with Gasteiger partial charge in [0.2, 0.25) is 0 Å². The fourth-order valence-corrected chi connectivity index (χ4v) is 6.63. The zero-order chi connectivity index (χ0) is 26.5. The van der Waals surface area contributed by atoms with Crippen LogP contribution in [-0.2, 0) is 5.41 Å². The number of halogens is 4. The van der Waals surface area contributed by atoms with E-state index in [1.165, 1.54) is 0 Å². The highest BCUT2D eigenvalue weighted by molar-refractivity contribution is 9.11. The SMILES string of the molecule is CC(CO)COc1c(Br)cc(C(C)(c2ccccc2)c2cc(Br)c(OCC(C)CO)c(Br)c2)cc1Br. The van der Waals surface area contributed by atoms with Crippen LogP contribution in [0.5, 0.6) is 11.5 Å². The van der Waals surface area contributed by atoms with Gasteiger partial charge in [-0.1, -0.05) is 44.2 Å². The Balaban J connectivity index is 2.11. The maximum atomic E-state index is 9.36. The van der Waals surface area contributed by atoms with Crippen LogP contribution in [-0.4, -0.2) is 36.6 Å². The molecule has 3 aromatic carbocycles. The number of rotatable bonds is 11. The molecule has 2 N–H and O–H groups in total. The lowest BCUT2D eigenvalue weighted by Crippen LogP contribution is -2.26. The summed E-state index contributed by atoms with van der Waals surface area (Å²) in [5.41, 5.74) is 2.76. The van der Waals surface area contributed by atoms with E-state index < -0.39 is 5.41 Å². The molecule has 3 rings (SSSR count). The molecule has 4 nitrogen and oxygen atoms in total. The van der Waals surface area contributed by atoms with Crippen molar-refractivity contribution in [3.8, 4) is 11.5 Å². The topological polar surface area (TPSA) is 58.9 Å². The summed E-state index contributed by atoms with van der Waals surface area (Å²) in [6, 6.07) is 18.7. The van der Waals surface area contributed by atoms with E-state index >= 15 is 0 Å². The minimum absolute atomic E-state index is 0.0360. The summed E-state index contributed by atoms with van der Waals surface area (Å²) in [6.07, 6.45) is 0. The summed E-state index contributed by atoms with van der Waals surface area (Å²) < 4.78 is 15.3. The van der Waals surface area contributed by atoms with Crippen LogP contribution in [0.1, 0.15) is 37.5 Å². The predicted molar refractivity (Wildman–Crippen MR) is 159 cm³/mol. The average molecular weight is 750 g/mol. The Kier molecular flexibility index (Phi) is 10.9. The number of hydrogen-bond donors (Lipinski definition) is 2. The summed E-state index contributed by atoms with van der Waals surface area (Å²) >= 11 is 14.9. The fraction of sp³-hybridized carbons (Fsp3) is 0.357. The number of aliphatic hydroxyl groups is 2. The highest BCUT2D eigenvalue weighted by Gasteiger charge is 2.34. The molecule has 0 aliphatic heterocycles. The minimum Gasteiger partial charge on any atom is -0.491 e. The standard InChI is InChI=1S/C28H30Br4O4/c1-17(13-33)15-35-26-22(29)9-20(10-23(26)30)28(3,19-7-5-4-6-8-19)21-11-24(31)27(25(32)12-21)36-16-18(2)14-34/h4-12,17-18,33-34H,13-16H2,1-3H3. The normalized spacial score (nSPS) is 14.7. The molecule has 0 aliphatic carbocycles. The van der Waals surface area contributed by atoms with Crippen LogP contribution in [0.15, 0.2) is 72.5 Å². The monoisotopic (exact) mass is 746 g/mol. The molecule has 0 fully saturated rings. The number of benzene rings is 3. The van der Waals surface area contributed by atoms with E-state index in [-0.39, 0.29) is 25.0 Å². The molecule has 0 bridgehead atoms. The molecule has 36 heavy (non-hydrogen) atoms. The highest BCUT2D eigenvalue weighted by Crippen LogP contribution is 2.47. The van der Waals surface area contributed by atoms with E-state index in [9.17, 15) is 10.2 Å². The van der Waals surface area contributed by atoms with Gasteiger partial charge in [-0.2, -0.15) is 0 Å². The van der Waals surface area contributed by atoms with Gasteiger partial charge in [0.15, 0.2) is 0 Å². The quantitative estimate of drug-likeness (QED) is 0.195. The molecule has 0 saturated heterocycles. The molecule has 0 aromatic heterocycles. The van der Waals surface area contributed by atoms with Crippen molar-refractivity contribution in [1.29, 1.82) is 0 Å². The van der Waals surface area contributed by atoms with Gasteiger partial charge in [0.1, 0.15) is 11.5 Å². The Labute approximate surface area is 246 Å². The molecule has 8 heteroatoms. The molecular weight excluding hydrogens is 720 g/mol. The first-order valence-electron chi connectivity index (χ1n) is 11.6. The van der Waals surface area contributed by atoms with E-state index in [2.05, 4.69) is 107 Å². The van der Waals surface area contributed by atoms with Crippen molar-refractivity contribution in [2.45, 2.75) is 26.2 Å². The maximum absolute atomic E-state index is 9.36. The molecular formula is C28H30Br4O4. The van der Waals surface area contributed by atoms with Crippen molar-refractivity contribution < 1.29 is 19.7 Å². The third kappa shape index (κ3) is 6.75. The number of ether oxygens (including phenoxy) is 2. The Morgan fingerprint density at radius 1 is 0.667 bits per heavy atom.